The molecule has 1 fully saturated rings. The van der Waals surface area contributed by atoms with Crippen LogP contribution in [-0.2, 0) is 4.79 Å². The Bertz CT molecular complexity index is 899. The van der Waals surface area contributed by atoms with Crippen molar-refractivity contribution >= 4 is 27.7 Å². The lowest BCUT2D eigenvalue weighted by Crippen LogP contribution is -2.41. The van der Waals surface area contributed by atoms with E-state index < -0.39 is 0 Å². The zero-order valence-electron chi connectivity index (χ0n) is 14.1. The lowest BCUT2D eigenvalue weighted by atomic mass is 9.90. The average Bonchev–Trinajstić information content (AvgIpc) is 3.09. The number of nitrogens with one attached hydrogen (secondary N) is 1. The third-order valence-electron chi connectivity index (χ3n) is 4.95. The zero-order valence-corrected chi connectivity index (χ0v) is 14.1. The third-order valence-corrected chi connectivity index (χ3v) is 4.95. The van der Waals surface area contributed by atoms with Crippen LogP contribution in [0.15, 0.2) is 30.7 Å². The number of carbonyl (C=O) groups is 1. The first-order valence-electron chi connectivity index (χ1n) is 8.64. The van der Waals surface area contributed by atoms with Crippen LogP contribution in [0.5, 0.6) is 0 Å². The molecule has 1 aliphatic heterocycles. The van der Waals surface area contributed by atoms with Gasteiger partial charge in [-0.25, -0.2) is 4.98 Å². The summed E-state index contributed by atoms with van der Waals surface area (Å²) in [7, 11) is 0. The zero-order chi connectivity index (χ0) is 16.7. The molecule has 24 heavy (non-hydrogen) atoms. The van der Waals surface area contributed by atoms with Gasteiger partial charge in [0.2, 0.25) is 5.91 Å². The SMILES string of the molecule is CC(C)C(=O)N1CCCC(c2nccc3cnc4[nH]ccc4c23)C1. The van der Waals surface area contributed by atoms with E-state index in [1.165, 1.54) is 5.39 Å². The highest BCUT2D eigenvalue weighted by Crippen LogP contribution is 2.34. The molecule has 4 heterocycles. The van der Waals surface area contributed by atoms with Gasteiger partial charge in [-0.2, -0.15) is 0 Å². The van der Waals surface area contributed by atoms with E-state index in [4.69, 9.17) is 4.98 Å². The van der Waals surface area contributed by atoms with Gasteiger partial charge < -0.3 is 9.88 Å². The molecule has 0 aromatic carbocycles. The van der Waals surface area contributed by atoms with Crippen LogP contribution < -0.4 is 0 Å². The number of aromatic nitrogens is 3. The molecule has 5 heteroatoms. The van der Waals surface area contributed by atoms with Crippen molar-refractivity contribution in [1.82, 2.24) is 19.9 Å². The van der Waals surface area contributed by atoms with Gasteiger partial charge in [0.25, 0.3) is 0 Å². The van der Waals surface area contributed by atoms with Crippen molar-refractivity contribution in [3.05, 3.63) is 36.4 Å². The second-order valence-electron chi connectivity index (χ2n) is 6.94. The first-order valence-corrected chi connectivity index (χ1v) is 8.64. The van der Waals surface area contributed by atoms with Gasteiger partial charge in [-0.3, -0.25) is 9.78 Å². The minimum absolute atomic E-state index is 0.0461. The summed E-state index contributed by atoms with van der Waals surface area (Å²) in [4.78, 5) is 26.8. The number of aromatic amines is 1. The number of nitrogens with zero attached hydrogens (tertiary/aromatic N) is 3. The molecule has 1 aliphatic rings. The highest BCUT2D eigenvalue weighted by molar-refractivity contribution is 6.05. The van der Waals surface area contributed by atoms with Gasteiger partial charge >= 0.3 is 0 Å². The summed E-state index contributed by atoms with van der Waals surface area (Å²) in [5.74, 6) is 0.573. The molecule has 1 amide bonds. The van der Waals surface area contributed by atoms with E-state index >= 15 is 0 Å². The van der Waals surface area contributed by atoms with Crippen molar-refractivity contribution in [2.24, 2.45) is 5.92 Å². The van der Waals surface area contributed by atoms with Crippen LogP contribution in [0.3, 0.4) is 0 Å². The van der Waals surface area contributed by atoms with Crippen LogP contribution in [0, 0.1) is 5.92 Å². The number of amides is 1. The summed E-state index contributed by atoms with van der Waals surface area (Å²) >= 11 is 0. The monoisotopic (exact) mass is 322 g/mol. The lowest BCUT2D eigenvalue weighted by Gasteiger charge is -2.34. The standard InChI is InChI=1S/C19H22N4O/c1-12(2)19(24)23-9-3-4-14(11-23)17-16-13(5-7-20-17)10-22-18-15(16)6-8-21-18/h5-8,10,12,14H,3-4,9,11H2,1-2H3,(H,21,22). The van der Waals surface area contributed by atoms with Crippen LogP contribution in [0.25, 0.3) is 21.8 Å². The summed E-state index contributed by atoms with van der Waals surface area (Å²) in [6, 6.07) is 4.08. The molecule has 1 saturated heterocycles. The quantitative estimate of drug-likeness (QED) is 0.786. The molecule has 0 aliphatic carbocycles. The summed E-state index contributed by atoms with van der Waals surface area (Å²) < 4.78 is 0. The van der Waals surface area contributed by atoms with Gasteiger partial charge in [-0.15, -0.1) is 0 Å². The molecule has 0 radical (unpaired) electrons. The molecule has 5 nitrogen and oxygen atoms in total. The van der Waals surface area contributed by atoms with Crippen LogP contribution in [0.2, 0.25) is 0 Å². The van der Waals surface area contributed by atoms with E-state index in [-0.39, 0.29) is 17.7 Å². The van der Waals surface area contributed by atoms with E-state index in [1.54, 1.807) is 0 Å². The topological polar surface area (TPSA) is 61.9 Å². The fourth-order valence-electron chi connectivity index (χ4n) is 3.77. The third kappa shape index (κ3) is 2.44. The summed E-state index contributed by atoms with van der Waals surface area (Å²) in [5.41, 5.74) is 1.99. The Morgan fingerprint density at radius 3 is 3.04 bits per heavy atom. The van der Waals surface area contributed by atoms with Crippen molar-refractivity contribution in [3.8, 4) is 0 Å². The Morgan fingerprint density at radius 2 is 2.21 bits per heavy atom. The Labute approximate surface area is 141 Å². The fourth-order valence-corrected chi connectivity index (χ4v) is 3.77. The fraction of sp³-hybridized carbons (Fsp3) is 0.421. The molecular formula is C19H22N4O. The van der Waals surface area contributed by atoms with Gasteiger partial charge in [0.1, 0.15) is 5.65 Å². The van der Waals surface area contributed by atoms with Crippen LogP contribution in [-0.4, -0.2) is 38.8 Å². The van der Waals surface area contributed by atoms with Gasteiger partial charge in [0.15, 0.2) is 0 Å². The van der Waals surface area contributed by atoms with Crippen molar-refractivity contribution < 1.29 is 4.79 Å². The first-order chi connectivity index (χ1) is 11.6. The largest absolute Gasteiger partial charge is 0.346 e. The Balaban J connectivity index is 1.78. The molecule has 124 valence electrons. The van der Waals surface area contributed by atoms with E-state index in [0.29, 0.717) is 0 Å². The number of likely N-dealkylation sites (tertiary alicyclic amines) is 1. The second kappa shape index (κ2) is 5.89. The van der Waals surface area contributed by atoms with Gasteiger partial charge in [-0.05, 0) is 25.0 Å². The number of hydrogen-bond donors (Lipinski definition) is 1. The predicted molar refractivity (Wildman–Crippen MR) is 94.8 cm³/mol. The highest BCUT2D eigenvalue weighted by atomic mass is 16.2. The molecule has 3 aromatic heterocycles. The molecule has 1 atom stereocenters. The number of hydrogen-bond acceptors (Lipinski definition) is 3. The molecule has 4 rings (SSSR count). The predicted octanol–water partition coefficient (Wildman–Crippen LogP) is 3.47. The maximum atomic E-state index is 12.4. The van der Waals surface area contributed by atoms with E-state index in [1.807, 2.05) is 43.4 Å². The van der Waals surface area contributed by atoms with Gasteiger partial charge in [0, 0.05) is 59.7 Å². The maximum absolute atomic E-state index is 12.4. The molecule has 1 N–H and O–H groups in total. The van der Waals surface area contributed by atoms with E-state index in [9.17, 15) is 4.79 Å². The minimum atomic E-state index is 0.0461. The van der Waals surface area contributed by atoms with Crippen molar-refractivity contribution in [2.45, 2.75) is 32.6 Å². The Kier molecular flexibility index (Phi) is 3.71. The van der Waals surface area contributed by atoms with E-state index in [2.05, 4.69) is 16.0 Å². The van der Waals surface area contributed by atoms with Gasteiger partial charge in [-0.1, -0.05) is 13.8 Å². The molecule has 3 aromatic rings. The van der Waals surface area contributed by atoms with Crippen LogP contribution in [0.4, 0.5) is 0 Å². The number of rotatable bonds is 2. The maximum Gasteiger partial charge on any atom is 0.225 e. The number of fused-ring (bicyclic) bond motifs is 3. The van der Waals surface area contributed by atoms with E-state index in [0.717, 1.165) is 48.0 Å². The summed E-state index contributed by atoms with van der Waals surface area (Å²) in [5, 5.41) is 3.40. The lowest BCUT2D eigenvalue weighted by molar-refractivity contribution is -0.135. The van der Waals surface area contributed by atoms with Crippen molar-refractivity contribution in [1.29, 1.82) is 0 Å². The van der Waals surface area contributed by atoms with Crippen LogP contribution >= 0.6 is 0 Å². The number of H-pyrrole nitrogens is 1. The van der Waals surface area contributed by atoms with Crippen LogP contribution in [0.1, 0.15) is 38.3 Å². The Morgan fingerprint density at radius 1 is 1.33 bits per heavy atom. The highest BCUT2D eigenvalue weighted by Gasteiger charge is 2.28. The Hall–Kier alpha value is -2.43. The van der Waals surface area contributed by atoms with Crippen molar-refractivity contribution in [3.63, 3.8) is 0 Å². The summed E-state index contributed by atoms with van der Waals surface area (Å²) in [6.07, 6.45) is 7.79. The molecule has 0 bridgehead atoms. The van der Waals surface area contributed by atoms with Crippen molar-refractivity contribution in [2.75, 3.05) is 13.1 Å². The number of carbonyl (C=O) groups excluding carboxylic acids is 1. The average molecular weight is 322 g/mol. The second-order valence-corrected chi connectivity index (χ2v) is 6.94. The number of piperidine rings is 1. The molecule has 0 spiro atoms. The molecular weight excluding hydrogens is 300 g/mol. The smallest absolute Gasteiger partial charge is 0.225 e. The number of pyridine rings is 2. The molecule has 0 saturated carbocycles. The minimum Gasteiger partial charge on any atom is -0.346 e. The summed E-state index contributed by atoms with van der Waals surface area (Å²) in [6.45, 7) is 5.56. The van der Waals surface area contributed by atoms with Gasteiger partial charge in [0.05, 0.1) is 5.69 Å². The molecule has 1 unspecified atom stereocenters. The normalized spacial score (nSPS) is 18.6. The first kappa shape index (κ1) is 15.1.